The quantitative estimate of drug-likeness (QED) is 0.424. The SMILES string of the molecule is CCOc1ccc(C(=O)Oc2ccc(Br)cc2C(C)C)cc1Br. The van der Waals surface area contributed by atoms with E-state index in [1.54, 1.807) is 24.3 Å². The second-order valence-electron chi connectivity index (χ2n) is 5.30. The first-order valence-electron chi connectivity index (χ1n) is 7.36. The van der Waals surface area contributed by atoms with Gasteiger partial charge in [0.1, 0.15) is 11.5 Å². The van der Waals surface area contributed by atoms with Gasteiger partial charge in [0.05, 0.1) is 16.6 Å². The van der Waals surface area contributed by atoms with Crippen LogP contribution >= 0.6 is 31.9 Å². The Balaban J connectivity index is 2.24. The van der Waals surface area contributed by atoms with Crippen LogP contribution in [-0.2, 0) is 0 Å². The summed E-state index contributed by atoms with van der Waals surface area (Å²) in [6, 6.07) is 10.8. The highest BCUT2D eigenvalue weighted by atomic mass is 79.9. The predicted octanol–water partition coefficient (Wildman–Crippen LogP) is 5.95. The molecule has 2 rings (SSSR count). The van der Waals surface area contributed by atoms with Crippen molar-refractivity contribution < 1.29 is 14.3 Å². The molecule has 0 bridgehead atoms. The van der Waals surface area contributed by atoms with Crippen molar-refractivity contribution in [2.45, 2.75) is 26.7 Å². The Morgan fingerprint density at radius 2 is 1.78 bits per heavy atom. The van der Waals surface area contributed by atoms with Crippen molar-refractivity contribution in [3.05, 3.63) is 56.5 Å². The lowest BCUT2D eigenvalue weighted by Gasteiger charge is -2.14. The van der Waals surface area contributed by atoms with Gasteiger partial charge in [-0.25, -0.2) is 4.79 Å². The molecule has 2 aromatic rings. The molecule has 0 fully saturated rings. The summed E-state index contributed by atoms with van der Waals surface area (Å²) in [6.07, 6.45) is 0. The average molecular weight is 442 g/mol. The molecule has 0 aliphatic rings. The van der Waals surface area contributed by atoms with Crippen molar-refractivity contribution in [2.75, 3.05) is 6.61 Å². The van der Waals surface area contributed by atoms with Crippen LogP contribution in [0.1, 0.15) is 42.6 Å². The number of carbonyl (C=O) groups is 1. The van der Waals surface area contributed by atoms with E-state index in [4.69, 9.17) is 9.47 Å². The van der Waals surface area contributed by atoms with Crippen LogP contribution in [0.5, 0.6) is 11.5 Å². The van der Waals surface area contributed by atoms with E-state index >= 15 is 0 Å². The van der Waals surface area contributed by atoms with Crippen LogP contribution in [0.4, 0.5) is 0 Å². The normalized spacial score (nSPS) is 10.7. The molecule has 0 aliphatic heterocycles. The Labute approximate surface area is 153 Å². The zero-order chi connectivity index (χ0) is 17.0. The smallest absolute Gasteiger partial charge is 0.343 e. The third kappa shape index (κ3) is 4.58. The van der Waals surface area contributed by atoms with E-state index < -0.39 is 5.97 Å². The summed E-state index contributed by atoms with van der Waals surface area (Å²) in [6.45, 7) is 6.60. The summed E-state index contributed by atoms with van der Waals surface area (Å²) in [5.41, 5.74) is 1.45. The van der Waals surface area contributed by atoms with Gasteiger partial charge in [-0.15, -0.1) is 0 Å². The Bertz CT molecular complexity index is 711. The van der Waals surface area contributed by atoms with Gasteiger partial charge >= 0.3 is 5.97 Å². The number of rotatable bonds is 5. The fraction of sp³-hybridized carbons (Fsp3) is 0.278. The Morgan fingerprint density at radius 3 is 2.39 bits per heavy atom. The lowest BCUT2D eigenvalue weighted by atomic mass is 10.0. The summed E-state index contributed by atoms with van der Waals surface area (Å²) >= 11 is 6.86. The van der Waals surface area contributed by atoms with Crippen LogP contribution in [0.3, 0.4) is 0 Å². The van der Waals surface area contributed by atoms with Crippen molar-refractivity contribution >= 4 is 37.8 Å². The van der Waals surface area contributed by atoms with Crippen LogP contribution in [0, 0.1) is 0 Å². The van der Waals surface area contributed by atoms with Crippen LogP contribution in [0.15, 0.2) is 45.3 Å². The van der Waals surface area contributed by atoms with Crippen molar-refractivity contribution in [3.8, 4) is 11.5 Å². The van der Waals surface area contributed by atoms with E-state index in [9.17, 15) is 4.79 Å². The topological polar surface area (TPSA) is 35.5 Å². The molecule has 0 N–H and O–H groups in total. The summed E-state index contributed by atoms with van der Waals surface area (Å²) in [7, 11) is 0. The van der Waals surface area contributed by atoms with Gasteiger partial charge in [0.25, 0.3) is 0 Å². The van der Waals surface area contributed by atoms with E-state index in [-0.39, 0.29) is 5.92 Å². The molecule has 0 amide bonds. The maximum absolute atomic E-state index is 12.4. The van der Waals surface area contributed by atoms with Crippen molar-refractivity contribution in [3.63, 3.8) is 0 Å². The van der Waals surface area contributed by atoms with Gasteiger partial charge in [-0.1, -0.05) is 29.8 Å². The summed E-state index contributed by atoms with van der Waals surface area (Å²) in [5.74, 6) is 1.15. The number of halogens is 2. The molecule has 0 heterocycles. The number of hydrogen-bond donors (Lipinski definition) is 0. The van der Waals surface area contributed by atoms with Crippen LogP contribution in [-0.4, -0.2) is 12.6 Å². The minimum absolute atomic E-state index is 0.252. The first kappa shape index (κ1) is 18.0. The van der Waals surface area contributed by atoms with Crippen LogP contribution < -0.4 is 9.47 Å². The maximum atomic E-state index is 12.4. The van der Waals surface area contributed by atoms with Crippen molar-refractivity contribution in [1.29, 1.82) is 0 Å². The molecule has 0 saturated carbocycles. The van der Waals surface area contributed by atoms with Crippen molar-refractivity contribution in [1.82, 2.24) is 0 Å². The van der Waals surface area contributed by atoms with Gasteiger partial charge in [0, 0.05) is 4.47 Å². The third-order valence-corrected chi connectivity index (χ3v) is 4.38. The predicted molar refractivity (Wildman–Crippen MR) is 98.5 cm³/mol. The van der Waals surface area contributed by atoms with Gasteiger partial charge in [0.2, 0.25) is 0 Å². The number of carbonyl (C=O) groups excluding carboxylic acids is 1. The highest BCUT2D eigenvalue weighted by Gasteiger charge is 2.15. The van der Waals surface area contributed by atoms with Gasteiger partial charge in [0.15, 0.2) is 0 Å². The number of hydrogen-bond acceptors (Lipinski definition) is 3. The minimum Gasteiger partial charge on any atom is -0.493 e. The molecule has 3 nitrogen and oxygen atoms in total. The van der Waals surface area contributed by atoms with E-state index in [2.05, 4.69) is 45.7 Å². The summed E-state index contributed by atoms with van der Waals surface area (Å²) < 4.78 is 12.7. The second kappa shape index (κ2) is 7.97. The molecule has 0 atom stereocenters. The van der Waals surface area contributed by atoms with Gasteiger partial charge in [-0.05, 0) is 70.7 Å². The molecule has 0 spiro atoms. The van der Waals surface area contributed by atoms with Gasteiger partial charge < -0.3 is 9.47 Å². The first-order valence-corrected chi connectivity index (χ1v) is 8.95. The number of esters is 1. The largest absolute Gasteiger partial charge is 0.493 e. The maximum Gasteiger partial charge on any atom is 0.343 e. The molecule has 0 saturated heterocycles. The zero-order valence-corrected chi connectivity index (χ0v) is 16.4. The van der Waals surface area contributed by atoms with Crippen LogP contribution in [0.2, 0.25) is 0 Å². The van der Waals surface area contributed by atoms with E-state index in [0.717, 1.165) is 14.5 Å². The summed E-state index contributed by atoms with van der Waals surface area (Å²) in [4.78, 5) is 12.4. The number of ether oxygens (including phenoxy) is 2. The fourth-order valence-corrected chi connectivity index (χ4v) is 2.99. The second-order valence-corrected chi connectivity index (χ2v) is 7.07. The zero-order valence-electron chi connectivity index (χ0n) is 13.2. The lowest BCUT2D eigenvalue weighted by molar-refractivity contribution is 0.0732. The fourth-order valence-electron chi connectivity index (χ4n) is 2.12. The number of benzene rings is 2. The highest BCUT2D eigenvalue weighted by Crippen LogP contribution is 2.31. The van der Waals surface area contributed by atoms with Crippen LogP contribution in [0.25, 0.3) is 0 Å². The molecule has 0 unspecified atom stereocenters. The first-order chi connectivity index (χ1) is 10.9. The molecular weight excluding hydrogens is 424 g/mol. The highest BCUT2D eigenvalue weighted by molar-refractivity contribution is 9.10. The van der Waals surface area contributed by atoms with E-state index in [1.807, 2.05) is 19.1 Å². The lowest BCUT2D eigenvalue weighted by Crippen LogP contribution is -2.10. The molecule has 0 aliphatic carbocycles. The van der Waals surface area contributed by atoms with Crippen molar-refractivity contribution in [2.24, 2.45) is 0 Å². The van der Waals surface area contributed by atoms with E-state index in [1.165, 1.54) is 0 Å². The molecular formula is C18H18Br2O3. The van der Waals surface area contributed by atoms with Gasteiger partial charge in [-0.3, -0.25) is 0 Å². The molecule has 0 radical (unpaired) electrons. The Morgan fingerprint density at radius 1 is 1.09 bits per heavy atom. The summed E-state index contributed by atoms with van der Waals surface area (Å²) in [5, 5.41) is 0. The Kier molecular flexibility index (Phi) is 6.25. The molecule has 0 aromatic heterocycles. The van der Waals surface area contributed by atoms with E-state index in [0.29, 0.717) is 23.7 Å². The molecule has 23 heavy (non-hydrogen) atoms. The molecule has 5 heteroatoms. The Hall–Kier alpha value is -1.33. The average Bonchev–Trinajstić information content (AvgIpc) is 2.51. The minimum atomic E-state index is -0.391. The monoisotopic (exact) mass is 440 g/mol. The molecule has 2 aromatic carbocycles. The molecule has 122 valence electrons. The standard InChI is InChI=1S/C18H18Br2O3/c1-4-22-17-7-5-12(9-15(17)20)18(21)23-16-8-6-13(19)10-14(16)11(2)3/h5-11H,4H2,1-3H3. The third-order valence-electron chi connectivity index (χ3n) is 3.26. The van der Waals surface area contributed by atoms with Gasteiger partial charge in [-0.2, -0.15) is 0 Å².